The number of urea groups is 1. The van der Waals surface area contributed by atoms with Crippen molar-refractivity contribution in [1.29, 1.82) is 0 Å². The first kappa shape index (κ1) is 16.6. The summed E-state index contributed by atoms with van der Waals surface area (Å²) in [5.74, 6) is 0.629. The molecule has 0 saturated heterocycles. The third-order valence-corrected chi connectivity index (χ3v) is 3.36. The molecule has 0 bridgehead atoms. The van der Waals surface area contributed by atoms with Crippen LogP contribution in [0.15, 0.2) is 28.7 Å². The van der Waals surface area contributed by atoms with Gasteiger partial charge in [0, 0.05) is 24.1 Å². The molecule has 120 valence electrons. The number of rotatable bonds is 6. The van der Waals surface area contributed by atoms with E-state index in [-0.39, 0.29) is 25.2 Å². The molecule has 1 aromatic heterocycles. The van der Waals surface area contributed by atoms with Gasteiger partial charge in [0.15, 0.2) is 0 Å². The minimum absolute atomic E-state index is 0.113. The van der Waals surface area contributed by atoms with Gasteiger partial charge in [-0.15, -0.1) is 0 Å². The standard InChI is InChI=1S/C15H19ClN2O4/c1-9(18-15(20)17-7-12(19)8-21-2)14-6-10-5-11(16)3-4-13(10)22-14/h3-6,9,12,19H,7-8H2,1-2H3,(H2,17,18,20). The van der Waals surface area contributed by atoms with Crippen LogP contribution in [0.5, 0.6) is 0 Å². The number of benzene rings is 1. The van der Waals surface area contributed by atoms with Crippen LogP contribution in [0.1, 0.15) is 18.7 Å². The number of aliphatic hydroxyl groups is 1. The molecule has 0 spiro atoms. The van der Waals surface area contributed by atoms with Crippen molar-refractivity contribution in [3.63, 3.8) is 0 Å². The monoisotopic (exact) mass is 326 g/mol. The fourth-order valence-electron chi connectivity index (χ4n) is 2.03. The van der Waals surface area contributed by atoms with Crippen molar-refractivity contribution in [3.05, 3.63) is 35.0 Å². The number of methoxy groups -OCH3 is 1. The number of amides is 2. The summed E-state index contributed by atoms with van der Waals surface area (Å²) in [4.78, 5) is 11.8. The smallest absolute Gasteiger partial charge is 0.315 e. The van der Waals surface area contributed by atoms with E-state index in [1.54, 1.807) is 18.2 Å². The lowest BCUT2D eigenvalue weighted by Crippen LogP contribution is -2.41. The van der Waals surface area contributed by atoms with E-state index in [0.29, 0.717) is 16.4 Å². The van der Waals surface area contributed by atoms with E-state index in [4.69, 9.17) is 20.8 Å². The molecular formula is C15H19ClN2O4. The average molecular weight is 327 g/mol. The lowest BCUT2D eigenvalue weighted by molar-refractivity contribution is 0.0659. The van der Waals surface area contributed by atoms with Crippen LogP contribution >= 0.6 is 11.6 Å². The number of ether oxygens (including phenoxy) is 1. The average Bonchev–Trinajstić information content (AvgIpc) is 2.88. The van der Waals surface area contributed by atoms with Crippen molar-refractivity contribution >= 4 is 28.6 Å². The summed E-state index contributed by atoms with van der Waals surface area (Å²) < 4.78 is 10.5. The van der Waals surface area contributed by atoms with Gasteiger partial charge in [-0.2, -0.15) is 0 Å². The van der Waals surface area contributed by atoms with Gasteiger partial charge in [0.1, 0.15) is 11.3 Å². The zero-order valence-electron chi connectivity index (χ0n) is 12.4. The van der Waals surface area contributed by atoms with Gasteiger partial charge in [-0.05, 0) is 31.2 Å². The highest BCUT2D eigenvalue weighted by Crippen LogP contribution is 2.26. The summed E-state index contributed by atoms with van der Waals surface area (Å²) in [5, 5.41) is 16.3. The van der Waals surface area contributed by atoms with Crippen LogP contribution in [-0.2, 0) is 4.74 Å². The van der Waals surface area contributed by atoms with Gasteiger partial charge in [0.25, 0.3) is 0 Å². The SMILES string of the molecule is COCC(O)CNC(=O)NC(C)c1cc2cc(Cl)ccc2o1. The first-order valence-corrected chi connectivity index (χ1v) is 7.27. The first-order chi connectivity index (χ1) is 10.5. The van der Waals surface area contributed by atoms with E-state index in [0.717, 1.165) is 5.39 Å². The van der Waals surface area contributed by atoms with Crippen LogP contribution in [0.4, 0.5) is 4.79 Å². The summed E-state index contributed by atoms with van der Waals surface area (Å²) >= 11 is 5.93. The summed E-state index contributed by atoms with van der Waals surface area (Å²) in [5.41, 5.74) is 0.712. The van der Waals surface area contributed by atoms with Gasteiger partial charge in [-0.3, -0.25) is 0 Å². The van der Waals surface area contributed by atoms with Crippen molar-refractivity contribution in [2.45, 2.75) is 19.1 Å². The predicted molar refractivity (Wildman–Crippen MR) is 84.1 cm³/mol. The Morgan fingerprint density at radius 1 is 1.45 bits per heavy atom. The van der Waals surface area contributed by atoms with Crippen LogP contribution in [0.3, 0.4) is 0 Å². The van der Waals surface area contributed by atoms with Crippen LogP contribution < -0.4 is 10.6 Å². The number of carbonyl (C=O) groups excluding carboxylic acids is 1. The molecule has 0 radical (unpaired) electrons. The Morgan fingerprint density at radius 3 is 2.95 bits per heavy atom. The number of aliphatic hydroxyl groups excluding tert-OH is 1. The van der Waals surface area contributed by atoms with E-state index in [2.05, 4.69) is 10.6 Å². The quantitative estimate of drug-likeness (QED) is 0.761. The Bertz CT molecular complexity index is 644. The second-order valence-corrected chi connectivity index (χ2v) is 5.45. The summed E-state index contributed by atoms with van der Waals surface area (Å²) in [7, 11) is 1.49. The summed E-state index contributed by atoms with van der Waals surface area (Å²) in [6, 6.07) is 6.48. The molecule has 2 rings (SSSR count). The molecule has 0 aliphatic heterocycles. The molecule has 7 heteroatoms. The molecule has 3 N–H and O–H groups in total. The molecule has 0 aliphatic rings. The first-order valence-electron chi connectivity index (χ1n) is 6.90. The number of hydrogen-bond acceptors (Lipinski definition) is 4. The van der Waals surface area contributed by atoms with Crippen molar-refractivity contribution in [2.75, 3.05) is 20.3 Å². The maximum Gasteiger partial charge on any atom is 0.315 e. The van der Waals surface area contributed by atoms with Gasteiger partial charge in [0.2, 0.25) is 0 Å². The fourth-order valence-corrected chi connectivity index (χ4v) is 2.21. The van der Waals surface area contributed by atoms with Crippen LogP contribution in [0.2, 0.25) is 5.02 Å². The third-order valence-electron chi connectivity index (χ3n) is 3.13. The van der Waals surface area contributed by atoms with E-state index in [9.17, 15) is 9.90 Å². The maximum atomic E-state index is 11.8. The molecule has 22 heavy (non-hydrogen) atoms. The van der Waals surface area contributed by atoms with Crippen LogP contribution in [0.25, 0.3) is 11.0 Å². The van der Waals surface area contributed by atoms with Crippen LogP contribution in [0, 0.1) is 0 Å². The highest BCUT2D eigenvalue weighted by molar-refractivity contribution is 6.31. The highest BCUT2D eigenvalue weighted by Gasteiger charge is 2.15. The van der Waals surface area contributed by atoms with E-state index in [1.165, 1.54) is 7.11 Å². The number of furan rings is 1. The van der Waals surface area contributed by atoms with Gasteiger partial charge in [-0.1, -0.05) is 11.6 Å². The molecule has 0 fully saturated rings. The fraction of sp³-hybridized carbons (Fsp3) is 0.400. The molecule has 0 saturated carbocycles. The molecule has 6 nitrogen and oxygen atoms in total. The Kier molecular flexibility index (Phi) is 5.65. The molecule has 1 aromatic carbocycles. The van der Waals surface area contributed by atoms with Gasteiger partial charge in [-0.25, -0.2) is 4.79 Å². The molecule has 2 aromatic rings. The Labute approximate surface area is 133 Å². The molecular weight excluding hydrogens is 308 g/mol. The Hall–Kier alpha value is -1.76. The Morgan fingerprint density at radius 2 is 2.23 bits per heavy atom. The van der Waals surface area contributed by atoms with Crippen molar-refractivity contribution in [3.8, 4) is 0 Å². The number of carbonyl (C=O) groups is 1. The van der Waals surface area contributed by atoms with E-state index >= 15 is 0 Å². The summed E-state index contributed by atoms with van der Waals surface area (Å²) in [6.45, 7) is 2.09. The molecule has 2 amide bonds. The van der Waals surface area contributed by atoms with E-state index < -0.39 is 6.10 Å². The van der Waals surface area contributed by atoms with Crippen LogP contribution in [-0.4, -0.2) is 37.5 Å². The third kappa shape index (κ3) is 4.37. The Balaban J connectivity index is 1.92. The number of nitrogens with one attached hydrogen (secondary N) is 2. The zero-order valence-corrected chi connectivity index (χ0v) is 13.2. The minimum Gasteiger partial charge on any atom is -0.459 e. The molecule has 1 heterocycles. The molecule has 2 atom stereocenters. The summed E-state index contributed by atoms with van der Waals surface area (Å²) in [6.07, 6.45) is -0.737. The van der Waals surface area contributed by atoms with Gasteiger partial charge >= 0.3 is 6.03 Å². The van der Waals surface area contributed by atoms with Crippen molar-refractivity contribution in [2.24, 2.45) is 0 Å². The zero-order chi connectivity index (χ0) is 16.1. The lowest BCUT2D eigenvalue weighted by Gasteiger charge is -2.14. The predicted octanol–water partition coefficient (Wildman–Crippen LogP) is 2.45. The maximum absolute atomic E-state index is 11.8. The lowest BCUT2D eigenvalue weighted by atomic mass is 10.2. The molecule has 0 aliphatic carbocycles. The number of fused-ring (bicyclic) bond motifs is 1. The topological polar surface area (TPSA) is 83.7 Å². The second-order valence-electron chi connectivity index (χ2n) is 5.02. The van der Waals surface area contributed by atoms with E-state index in [1.807, 2.05) is 13.0 Å². The van der Waals surface area contributed by atoms with Crippen molar-refractivity contribution < 1.29 is 19.1 Å². The second kappa shape index (κ2) is 7.49. The number of hydrogen-bond donors (Lipinski definition) is 3. The normalized spacial score (nSPS) is 13.8. The van der Waals surface area contributed by atoms with Gasteiger partial charge < -0.3 is 24.9 Å². The minimum atomic E-state index is -0.737. The highest BCUT2D eigenvalue weighted by atomic mass is 35.5. The number of halogens is 1. The largest absolute Gasteiger partial charge is 0.459 e. The van der Waals surface area contributed by atoms with Gasteiger partial charge in [0.05, 0.1) is 18.8 Å². The van der Waals surface area contributed by atoms with Crippen molar-refractivity contribution in [1.82, 2.24) is 10.6 Å². The molecule has 2 unspecified atom stereocenters.